The highest BCUT2D eigenvalue weighted by Gasteiger charge is 2.02. The van der Waals surface area contributed by atoms with Gasteiger partial charge < -0.3 is 10.6 Å². The maximum atomic E-state index is 11.3. The number of aryl methyl sites for hydroxylation is 1. The van der Waals surface area contributed by atoms with Crippen LogP contribution in [0.2, 0.25) is 0 Å². The summed E-state index contributed by atoms with van der Waals surface area (Å²) in [5, 5.41) is 5.95. The second kappa shape index (κ2) is 5.88. The zero-order valence-electron chi connectivity index (χ0n) is 9.46. The normalized spacial score (nSPS) is 10.7. The SMILES string of the molecule is Cc1ccc(CNCC(=O)NC(C)C)s1. The first-order chi connectivity index (χ1) is 7.08. The smallest absolute Gasteiger partial charge is 0.234 e. The molecular formula is C11H18N2OS. The third kappa shape index (κ3) is 4.95. The standard InChI is InChI=1S/C11H18N2OS/c1-8(2)13-11(14)7-12-6-10-5-4-9(3)15-10/h4-5,8,12H,6-7H2,1-3H3,(H,13,14). The highest BCUT2D eigenvalue weighted by Crippen LogP contribution is 2.14. The van der Waals surface area contributed by atoms with Crippen molar-refractivity contribution < 1.29 is 4.79 Å². The summed E-state index contributed by atoms with van der Waals surface area (Å²) in [7, 11) is 0. The molecule has 3 nitrogen and oxygen atoms in total. The molecule has 0 spiro atoms. The summed E-state index contributed by atoms with van der Waals surface area (Å²) in [5.41, 5.74) is 0. The fourth-order valence-electron chi connectivity index (χ4n) is 1.25. The van der Waals surface area contributed by atoms with Gasteiger partial charge in [0.05, 0.1) is 6.54 Å². The van der Waals surface area contributed by atoms with Crippen molar-refractivity contribution in [3.05, 3.63) is 21.9 Å². The molecular weight excluding hydrogens is 208 g/mol. The molecule has 4 heteroatoms. The van der Waals surface area contributed by atoms with Gasteiger partial charge in [0.1, 0.15) is 0 Å². The van der Waals surface area contributed by atoms with Crippen LogP contribution in [0.1, 0.15) is 23.6 Å². The summed E-state index contributed by atoms with van der Waals surface area (Å²) in [5.74, 6) is 0.0540. The minimum Gasteiger partial charge on any atom is -0.353 e. The van der Waals surface area contributed by atoms with E-state index in [1.54, 1.807) is 11.3 Å². The maximum Gasteiger partial charge on any atom is 0.234 e. The van der Waals surface area contributed by atoms with Gasteiger partial charge in [0.2, 0.25) is 5.91 Å². The largest absolute Gasteiger partial charge is 0.353 e. The van der Waals surface area contributed by atoms with Gasteiger partial charge in [-0.3, -0.25) is 4.79 Å². The van der Waals surface area contributed by atoms with E-state index in [0.717, 1.165) is 6.54 Å². The average Bonchev–Trinajstić information content (AvgIpc) is 2.50. The topological polar surface area (TPSA) is 41.1 Å². The van der Waals surface area contributed by atoms with Crippen molar-refractivity contribution in [3.63, 3.8) is 0 Å². The van der Waals surface area contributed by atoms with Gasteiger partial charge in [-0.25, -0.2) is 0 Å². The minimum absolute atomic E-state index is 0.0540. The molecule has 0 unspecified atom stereocenters. The number of carbonyl (C=O) groups is 1. The zero-order chi connectivity index (χ0) is 11.3. The lowest BCUT2D eigenvalue weighted by molar-refractivity contribution is -0.120. The van der Waals surface area contributed by atoms with Crippen LogP contribution in [-0.2, 0) is 11.3 Å². The van der Waals surface area contributed by atoms with E-state index in [2.05, 4.69) is 29.7 Å². The Balaban J connectivity index is 2.19. The zero-order valence-corrected chi connectivity index (χ0v) is 10.3. The van der Waals surface area contributed by atoms with E-state index >= 15 is 0 Å². The minimum atomic E-state index is 0.0540. The summed E-state index contributed by atoms with van der Waals surface area (Å²) >= 11 is 1.76. The summed E-state index contributed by atoms with van der Waals surface area (Å²) in [4.78, 5) is 13.9. The van der Waals surface area contributed by atoms with Crippen LogP contribution in [0.4, 0.5) is 0 Å². The molecule has 0 radical (unpaired) electrons. The molecule has 0 aliphatic carbocycles. The second-order valence-electron chi connectivity index (χ2n) is 3.84. The third-order valence-corrected chi connectivity index (χ3v) is 2.83. The molecule has 0 aliphatic rings. The summed E-state index contributed by atoms with van der Waals surface area (Å²) in [6.45, 7) is 7.15. The lowest BCUT2D eigenvalue weighted by Crippen LogP contribution is -2.37. The molecule has 0 bridgehead atoms. The molecule has 0 aliphatic heterocycles. The fraction of sp³-hybridized carbons (Fsp3) is 0.545. The number of carbonyl (C=O) groups excluding carboxylic acids is 1. The first kappa shape index (κ1) is 12.2. The number of rotatable bonds is 5. The third-order valence-electron chi connectivity index (χ3n) is 1.83. The van der Waals surface area contributed by atoms with E-state index in [1.807, 2.05) is 13.8 Å². The average molecular weight is 226 g/mol. The van der Waals surface area contributed by atoms with Gasteiger partial charge >= 0.3 is 0 Å². The molecule has 1 amide bonds. The Morgan fingerprint density at radius 1 is 1.47 bits per heavy atom. The Bertz CT molecular complexity index is 320. The van der Waals surface area contributed by atoms with Gasteiger partial charge in [0.15, 0.2) is 0 Å². The molecule has 2 N–H and O–H groups in total. The predicted octanol–water partition coefficient (Wildman–Crippen LogP) is 1.67. The molecule has 84 valence electrons. The Kier molecular flexibility index (Phi) is 4.78. The van der Waals surface area contributed by atoms with E-state index in [0.29, 0.717) is 6.54 Å². The van der Waals surface area contributed by atoms with E-state index in [-0.39, 0.29) is 11.9 Å². The Morgan fingerprint density at radius 3 is 2.73 bits per heavy atom. The van der Waals surface area contributed by atoms with Crippen LogP contribution >= 0.6 is 11.3 Å². The second-order valence-corrected chi connectivity index (χ2v) is 5.21. The van der Waals surface area contributed by atoms with Crippen molar-refractivity contribution in [3.8, 4) is 0 Å². The molecule has 0 fully saturated rings. The lowest BCUT2D eigenvalue weighted by Gasteiger charge is -2.08. The monoisotopic (exact) mass is 226 g/mol. The quantitative estimate of drug-likeness (QED) is 0.802. The molecule has 15 heavy (non-hydrogen) atoms. The van der Waals surface area contributed by atoms with Gasteiger partial charge in [-0.15, -0.1) is 11.3 Å². The van der Waals surface area contributed by atoms with Crippen LogP contribution in [0.25, 0.3) is 0 Å². The van der Waals surface area contributed by atoms with E-state index in [9.17, 15) is 4.79 Å². The van der Waals surface area contributed by atoms with E-state index < -0.39 is 0 Å². The van der Waals surface area contributed by atoms with Gasteiger partial charge in [0.25, 0.3) is 0 Å². The summed E-state index contributed by atoms with van der Waals surface area (Å²) in [6.07, 6.45) is 0. The Labute approximate surface area is 94.9 Å². The number of thiophene rings is 1. The molecule has 1 heterocycles. The first-order valence-electron chi connectivity index (χ1n) is 5.13. The highest BCUT2D eigenvalue weighted by atomic mass is 32.1. The molecule has 0 aromatic carbocycles. The van der Waals surface area contributed by atoms with E-state index in [1.165, 1.54) is 9.75 Å². The van der Waals surface area contributed by atoms with Crippen molar-refractivity contribution in [2.75, 3.05) is 6.54 Å². The molecule has 1 rings (SSSR count). The van der Waals surface area contributed by atoms with Crippen LogP contribution in [0.5, 0.6) is 0 Å². The van der Waals surface area contributed by atoms with Crippen LogP contribution in [0.3, 0.4) is 0 Å². The van der Waals surface area contributed by atoms with E-state index in [4.69, 9.17) is 0 Å². The van der Waals surface area contributed by atoms with Gasteiger partial charge in [-0.2, -0.15) is 0 Å². The first-order valence-corrected chi connectivity index (χ1v) is 5.95. The predicted molar refractivity (Wildman–Crippen MR) is 64.0 cm³/mol. The Hall–Kier alpha value is -0.870. The lowest BCUT2D eigenvalue weighted by atomic mass is 10.4. The van der Waals surface area contributed by atoms with Gasteiger partial charge in [0, 0.05) is 22.3 Å². The number of nitrogens with one attached hydrogen (secondary N) is 2. The molecule has 0 saturated carbocycles. The molecule has 0 saturated heterocycles. The number of amides is 1. The summed E-state index contributed by atoms with van der Waals surface area (Å²) in [6, 6.07) is 4.40. The van der Waals surface area contributed by atoms with Crippen LogP contribution in [-0.4, -0.2) is 18.5 Å². The van der Waals surface area contributed by atoms with Crippen LogP contribution in [0.15, 0.2) is 12.1 Å². The highest BCUT2D eigenvalue weighted by molar-refractivity contribution is 7.11. The molecule has 1 aromatic rings. The van der Waals surface area contributed by atoms with Crippen molar-refractivity contribution in [1.29, 1.82) is 0 Å². The summed E-state index contributed by atoms with van der Waals surface area (Å²) < 4.78 is 0. The van der Waals surface area contributed by atoms with Crippen molar-refractivity contribution in [1.82, 2.24) is 10.6 Å². The van der Waals surface area contributed by atoms with Gasteiger partial charge in [-0.05, 0) is 32.9 Å². The fourth-order valence-corrected chi connectivity index (χ4v) is 2.11. The molecule has 0 atom stereocenters. The maximum absolute atomic E-state index is 11.3. The Morgan fingerprint density at radius 2 is 2.20 bits per heavy atom. The van der Waals surface area contributed by atoms with Crippen molar-refractivity contribution in [2.45, 2.75) is 33.4 Å². The van der Waals surface area contributed by atoms with Crippen molar-refractivity contribution in [2.24, 2.45) is 0 Å². The van der Waals surface area contributed by atoms with Crippen molar-refractivity contribution >= 4 is 17.2 Å². The number of hydrogen-bond donors (Lipinski definition) is 2. The van der Waals surface area contributed by atoms with Crippen LogP contribution < -0.4 is 10.6 Å². The van der Waals surface area contributed by atoms with Crippen LogP contribution in [0, 0.1) is 6.92 Å². The van der Waals surface area contributed by atoms with Gasteiger partial charge in [-0.1, -0.05) is 0 Å². The number of hydrogen-bond acceptors (Lipinski definition) is 3. The molecule has 1 aromatic heterocycles.